The van der Waals surface area contributed by atoms with Gasteiger partial charge in [-0.25, -0.2) is 19.9 Å². The number of aromatic nitrogens is 2. The van der Waals surface area contributed by atoms with Gasteiger partial charge in [-0.1, -0.05) is 0 Å². The first-order valence-corrected chi connectivity index (χ1v) is 8.33. The normalized spacial score (nSPS) is 12.6. The Bertz CT molecular complexity index is 684. The number of nitrogens with zero attached hydrogens (tertiary/aromatic N) is 6. The quantitative estimate of drug-likeness (QED) is 0.204. The lowest BCUT2D eigenvalue weighted by molar-refractivity contribution is -0.118. The number of anilines is 1. The van der Waals surface area contributed by atoms with Crippen molar-refractivity contribution in [2.45, 2.75) is 11.9 Å². The average Bonchev–Trinajstić information content (AvgIpc) is 2.59. The van der Waals surface area contributed by atoms with E-state index in [4.69, 9.17) is 16.7 Å². The smallest absolute Gasteiger partial charge is 0.370 e. The zero-order chi connectivity index (χ0) is 19.6. The van der Waals surface area contributed by atoms with Crippen LogP contribution in [-0.2, 0) is 5.75 Å². The molecule has 5 N–H and O–H groups in total. The summed E-state index contributed by atoms with van der Waals surface area (Å²) in [6, 6.07) is 1.46. The van der Waals surface area contributed by atoms with Crippen molar-refractivity contribution in [1.29, 1.82) is 5.26 Å². The van der Waals surface area contributed by atoms with Crippen LogP contribution in [0.5, 0.6) is 0 Å². The molecule has 26 heavy (non-hydrogen) atoms. The molecule has 0 fully saturated rings. The molecule has 0 saturated heterocycles. The van der Waals surface area contributed by atoms with Crippen molar-refractivity contribution in [2.75, 3.05) is 31.2 Å². The van der Waals surface area contributed by atoms with Crippen molar-refractivity contribution < 1.29 is 13.2 Å². The predicted molar refractivity (Wildman–Crippen MR) is 94.2 cm³/mol. The summed E-state index contributed by atoms with van der Waals surface area (Å²) < 4.78 is 36.3. The second-order valence-electron chi connectivity index (χ2n) is 4.69. The van der Waals surface area contributed by atoms with Gasteiger partial charge in [-0.15, -0.1) is 0 Å². The maximum Gasteiger partial charge on any atom is 0.408 e. The number of alkyl halides is 3. The van der Waals surface area contributed by atoms with E-state index in [0.717, 1.165) is 0 Å². The first-order chi connectivity index (χ1) is 12.2. The van der Waals surface area contributed by atoms with Gasteiger partial charge in [0.15, 0.2) is 12.2 Å². The SMILES string of the molecule is CN=C(N)N(C#N)CCSCc1nccc(NC(N)=NCC(F)(F)F)n1. The van der Waals surface area contributed by atoms with E-state index in [9.17, 15) is 13.2 Å². The molecule has 1 rings (SSSR count). The number of hydrogen-bond donors (Lipinski definition) is 3. The zero-order valence-corrected chi connectivity index (χ0v) is 14.7. The maximum atomic E-state index is 12.1. The molecular formula is C13H18F3N9S. The van der Waals surface area contributed by atoms with E-state index in [1.54, 1.807) is 0 Å². The molecule has 0 aliphatic heterocycles. The van der Waals surface area contributed by atoms with Crippen LogP contribution < -0.4 is 16.8 Å². The summed E-state index contributed by atoms with van der Waals surface area (Å²) in [5, 5.41) is 11.4. The predicted octanol–water partition coefficient (Wildman–Crippen LogP) is 0.726. The summed E-state index contributed by atoms with van der Waals surface area (Å²) in [6.45, 7) is -1.00. The Balaban J connectivity index is 2.51. The second-order valence-corrected chi connectivity index (χ2v) is 5.79. The van der Waals surface area contributed by atoms with Gasteiger partial charge in [0.05, 0.1) is 5.75 Å². The number of nitriles is 1. The van der Waals surface area contributed by atoms with Crippen LogP contribution in [0.2, 0.25) is 0 Å². The van der Waals surface area contributed by atoms with Crippen molar-refractivity contribution in [1.82, 2.24) is 14.9 Å². The standard InChI is InChI=1S/C13H18F3N9S/c1-20-12(19)25(8-17)4-5-26-6-10-21-3-2-9(23-10)24-11(18)22-7-13(14,15)16/h2-3H,4-7H2,1H3,(H2,19,20)(H3,18,21,22,23,24). The van der Waals surface area contributed by atoms with Crippen LogP contribution in [-0.4, -0.2) is 58.9 Å². The minimum Gasteiger partial charge on any atom is -0.370 e. The van der Waals surface area contributed by atoms with Gasteiger partial charge in [-0.3, -0.25) is 4.99 Å². The Kier molecular flexibility index (Phi) is 8.43. The molecule has 0 unspecified atom stereocenters. The number of rotatable bonds is 7. The average molecular weight is 389 g/mol. The molecular weight excluding hydrogens is 371 g/mol. The van der Waals surface area contributed by atoms with E-state index in [1.165, 1.54) is 36.0 Å². The minimum atomic E-state index is -4.43. The molecule has 0 atom stereocenters. The minimum absolute atomic E-state index is 0.129. The molecule has 13 heteroatoms. The van der Waals surface area contributed by atoms with Crippen molar-refractivity contribution >= 4 is 29.5 Å². The number of guanidine groups is 2. The van der Waals surface area contributed by atoms with Crippen molar-refractivity contribution in [3.05, 3.63) is 18.1 Å². The van der Waals surface area contributed by atoms with Crippen LogP contribution in [0, 0.1) is 11.5 Å². The van der Waals surface area contributed by atoms with Crippen LogP contribution in [0.3, 0.4) is 0 Å². The van der Waals surface area contributed by atoms with Crippen LogP contribution in [0.1, 0.15) is 5.82 Å². The highest BCUT2D eigenvalue weighted by atomic mass is 32.2. The maximum absolute atomic E-state index is 12.1. The number of hydrogen-bond acceptors (Lipinski definition) is 6. The third-order valence-corrected chi connectivity index (χ3v) is 3.64. The van der Waals surface area contributed by atoms with Crippen molar-refractivity contribution in [3.63, 3.8) is 0 Å². The summed E-state index contributed by atoms with van der Waals surface area (Å²) in [7, 11) is 1.49. The summed E-state index contributed by atoms with van der Waals surface area (Å²) in [5.41, 5.74) is 10.9. The Hall–Kier alpha value is -2.75. The molecule has 0 aliphatic rings. The van der Waals surface area contributed by atoms with E-state index < -0.39 is 18.7 Å². The van der Waals surface area contributed by atoms with Gasteiger partial charge < -0.3 is 16.8 Å². The highest BCUT2D eigenvalue weighted by molar-refractivity contribution is 7.98. The van der Waals surface area contributed by atoms with Crippen molar-refractivity contribution in [2.24, 2.45) is 21.5 Å². The number of thioether (sulfide) groups is 1. The largest absolute Gasteiger partial charge is 0.408 e. The van der Waals surface area contributed by atoms with Crippen LogP contribution in [0.25, 0.3) is 0 Å². The van der Waals surface area contributed by atoms with Gasteiger partial charge in [-0.2, -0.15) is 30.2 Å². The molecule has 0 bridgehead atoms. The Morgan fingerprint density at radius 1 is 1.46 bits per heavy atom. The van der Waals surface area contributed by atoms with Gasteiger partial charge in [-0.05, 0) is 6.07 Å². The first kappa shape index (κ1) is 21.3. The van der Waals surface area contributed by atoms with Gasteiger partial charge in [0.2, 0.25) is 5.96 Å². The lowest BCUT2D eigenvalue weighted by atomic mass is 10.5. The van der Waals surface area contributed by atoms with Crippen molar-refractivity contribution in [3.8, 4) is 6.19 Å². The number of halogens is 3. The van der Waals surface area contributed by atoms with Crippen LogP contribution >= 0.6 is 11.8 Å². The third-order valence-electron chi connectivity index (χ3n) is 2.71. The van der Waals surface area contributed by atoms with E-state index in [2.05, 4.69) is 25.3 Å². The summed E-state index contributed by atoms with van der Waals surface area (Å²) in [5.74, 6) is 1.42. The summed E-state index contributed by atoms with van der Waals surface area (Å²) in [4.78, 5) is 16.4. The molecule has 0 aromatic carbocycles. The van der Waals surface area contributed by atoms with Crippen LogP contribution in [0.4, 0.5) is 19.0 Å². The zero-order valence-electron chi connectivity index (χ0n) is 13.9. The van der Waals surface area contributed by atoms with E-state index >= 15 is 0 Å². The Morgan fingerprint density at radius 3 is 2.81 bits per heavy atom. The van der Waals surface area contributed by atoms with E-state index in [-0.39, 0.29) is 11.8 Å². The van der Waals surface area contributed by atoms with Crippen LogP contribution in [0.15, 0.2) is 22.2 Å². The fourth-order valence-corrected chi connectivity index (χ4v) is 2.32. The summed E-state index contributed by atoms with van der Waals surface area (Å²) in [6.07, 6.45) is -1.06. The highest BCUT2D eigenvalue weighted by Crippen LogP contribution is 2.14. The number of nitrogens with two attached hydrogens (primary N) is 2. The lowest BCUT2D eigenvalue weighted by Gasteiger charge is -2.13. The molecule has 1 aromatic heterocycles. The molecule has 0 aliphatic carbocycles. The first-order valence-electron chi connectivity index (χ1n) is 7.18. The monoisotopic (exact) mass is 389 g/mol. The van der Waals surface area contributed by atoms with Gasteiger partial charge in [0, 0.05) is 25.5 Å². The van der Waals surface area contributed by atoms with E-state index in [1.807, 2.05) is 6.19 Å². The second kappa shape index (κ2) is 10.3. The third kappa shape index (κ3) is 8.38. The number of nitrogens with one attached hydrogen (secondary N) is 1. The molecule has 0 saturated carbocycles. The molecule has 0 spiro atoms. The lowest BCUT2D eigenvalue weighted by Crippen LogP contribution is -2.34. The molecule has 9 nitrogen and oxygen atoms in total. The van der Waals surface area contributed by atoms with Gasteiger partial charge in [0.25, 0.3) is 0 Å². The molecule has 0 radical (unpaired) electrons. The Labute approximate surface area is 152 Å². The highest BCUT2D eigenvalue weighted by Gasteiger charge is 2.26. The fraction of sp³-hybridized carbons (Fsp3) is 0.462. The fourth-order valence-electron chi connectivity index (χ4n) is 1.54. The number of aliphatic imine (C=N–C) groups is 2. The molecule has 0 amide bonds. The molecule has 1 aromatic rings. The van der Waals surface area contributed by atoms with Gasteiger partial charge >= 0.3 is 6.18 Å². The topological polar surface area (TPSA) is 142 Å². The van der Waals surface area contributed by atoms with E-state index in [0.29, 0.717) is 23.9 Å². The Morgan fingerprint density at radius 2 is 2.19 bits per heavy atom. The summed E-state index contributed by atoms with van der Waals surface area (Å²) >= 11 is 1.45. The molecule has 1 heterocycles. The molecule has 142 valence electrons. The van der Waals surface area contributed by atoms with Gasteiger partial charge in [0.1, 0.15) is 18.2 Å².